The summed E-state index contributed by atoms with van der Waals surface area (Å²) in [5, 5.41) is 4.36. The summed E-state index contributed by atoms with van der Waals surface area (Å²) in [5.41, 5.74) is 7.28. The van der Waals surface area contributed by atoms with Crippen LogP contribution >= 0.6 is 12.2 Å². The molecule has 0 aliphatic carbocycles. The molecular weight excluding hydrogens is 376 g/mol. The number of thiocarbonyl (C=S) groups is 1. The van der Waals surface area contributed by atoms with Crippen LogP contribution in [0.4, 0.5) is 0 Å². The first kappa shape index (κ1) is 19.6. The SMILES string of the molecule is CCCN1C(=S)NC(c2ccccn2)C1c1cc(C)n(-c2ccc(C)cc2)c1C. The maximum absolute atomic E-state index is 5.73. The van der Waals surface area contributed by atoms with E-state index in [-0.39, 0.29) is 12.1 Å². The molecule has 0 amide bonds. The number of benzene rings is 1. The average Bonchev–Trinajstić information content (AvgIpc) is 3.20. The summed E-state index contributed by atoms with van der Waals surface area (Å²) in [4.78, 5) is 6.97. The molecule has 4 nitrogen and oxygen atoms in total. The molecule has 150 valence electrons. The van der Waals surface area contributed by atoms with Crippen LogP contribution in [-0.2, 0) is 0 Å². The molecule has 1 N–H and O–H groups in total. The Morgan fingerprint density at radius 2 is 1.83 bits per heavy atom. The lowest BCUT2D eigenvalue weighted by atomic mass is 9.96. The Labute approximate surface area is 178 Å². The van der Waals surface area contributed by atoms with Gasteiger partial charge in [-0.3, -0.25) is 4.98 Å². The van der Waals surface area contributed by atoms with E-state index in [1.807, 2.05) is 18.3 Å². The first-order valence-electron chi connectivity index (χ1n) is 10.2. The van der Waals surface area contributed by atoms with E-state index in [1.165, 1.54) is 28.2 Å². The average molecular weight is 405 g/mol. The molecule has 0 radical (unpaired) electrons. The quantitative estimate of drug-likeness (QED) is 0.594. The molecule has 5 heteroatoms. The fourth-order valence-corrected chi connectivity index (χ4v) is 4.74. The van der Waals surface area contributed by atoms with Crippen molar-refractivity contribution >= 4 is 17.3 Å². The van der Waals surface area contributed by atoms with Crippen LogP contribution in [-0.4, -0.2) is 26.1 Å². The van der Waals surface area contributed by atoms with Gasteiger partial charge in [0.15, 0.2) is 5.11 Å². The third-order valence-corrected chi connectivity index (χ3v) is 6.10. The van der Waals surface area contributed by atoms with Crippen molar-refractivity contribution in [3.8, 4) is 5.69 Å². The number of hydrogen-bond donors (Lipinski definition) is 1. The molecule has 2 unspecified atom stereocenters. The van der Waals surface area contributed by atoms with Crippen LogP contribution in [0.1, 0.15) is 53.6 Å². The van der Waals surface area contributed by atoms with Crippen LogP contribution in [0.2, 0.25) is 0 Å². The monoisotopic (exact) mass is 404 g/mol. The number of aryl methyl sites for hydroxylation is 2. The van der Waals surface area contributed by atoms with Crippen LogP contribution in [0.15, 0.2) is 54.7 Å². The summed E-state index contributed by atoms with van der Waals surface area (Å²) in [6.07, 6.45) is 2.90. The lowest BCUT2D eigenvalue weighted by molar-refractivity contribution is 0.316. The minimum absolute atomic E-state index is 0.0437. The second-order valence-electron chi connectivity index (χ2n) is 7.82. The molecule has 1 aliphatic rings. The van der Waals surface area contributed by atoms with Gasteiger partial charge in [0.25, 0.3) is 0 Å². The van der Waals surface area contributed by atoms with E-state index in [4.69, 9.17) is 12.2 Å². The Bertz CT molecular complexity index is 1010. The molecule has 3 aromatic rings. The van der Waals surface area contributed by atoms with Crippen molar-refractivity contribution in [3.05, 3.63) is 82.9 Å². The summed E-state index contributed by atoms with van der Waals surface area (Å²) in [7, 11) is 0. The number of rotatable bonds is 5. The van der Waals surface area contributed by atoms with Gasteiger partial charge in [-0.05, 0) is 75.3 Å². The Morgan fingerprint density at radius 1 is 1.07 bits per heavy atom. The molecule has 1 saturated heterocycles. The van der Waals surface area contributed by atoms with Gasteiger partial charge < -0.3 is 14.8 Å². The zero-order valence-electron chi connectivity index (χ0n) is 17.5. The van der Waals surface area contributed by atoms with E-state index in [0.29, 0.717) is 0 Å². The van der Waals surface area contributed by atoms with Crippen LogP contribution in [0.3, 0.4) is 0 Å². The van der Waals surface area contributed by atoms with Crippen molar-refractivity contribution in [1.82, 2.24) is 19.8 Å². The molecule has 1 fully saturated rings. The van der Waals surface area contributed by atoms with Gasteiger partial charge in [-0.1, -0.05) is 30.7 Å². The van der Waals surface area contributed by atoms with Crippen molar-refractivity contribution in [2.24, 2.45) is 0 Å². The Balaban J connectivity index is 1.82. The third kappa shape index (κ3) is 3.55. The van der Waals surface area contributed by atoms with Gasteiger partial charge in [-0.2, -0.15) is 0 Å². The fraction of sp³-hybridized carbons (Fsp3) is 0.333. The second-order valence-corrected chi connectivity index (χ2v) is 8.20. The first-order valence-corrected chi connectivity index (χ1v) is 10.7. The smallest absolute Gasteiger partial charge is 0.170 e. The minimum atomic E-state index is 0.0437. The summed E-state index contributed by atoms with van der Waals surface area (Å²) in [6.45, 7) is 9.63. The molecule has 0 bridgehead atoms. The van der Waals surface area contributed by atoms with E-state index in [2.05, 4.69) is 83.9 Å². The first-order chi connectivity index (χ1) is 14.0. The van der Waals surface area contributed by atoms with Gasteiger partial charge in [0, 0.05) is 29.8 Å². The zero-order chi connectivity index (χ0) is 20.5. The molecular formula is C24H28N4S. The van der Waals surface area contributed by atoms with E-state index in [0.717, 1.165) is 23.8 Å². The topological polar surface area (TPSA) is 33.1 Å². The van der Waals surface area contributed by atoms with Gasteiger partial charge in [-0.25, -0.2) is 0 Å². The predicted octanol–water partition coefficient (Wildman–Crippen LogP) is 5.18. The Kier molecular flexibility index (Phi) is 5.41. The number of hydrogen-bond acceptors (Lipinski definition) is 2. The van der Waals surface area contributed by atoms with Gasteiger partial charge >= 0.3 is 0 Å². The molecule has 1 aliphatic heterocycles. The van der Waals surface area contributed by atoms with E-state index in [9.17, 15) is 0 Å². The molecule has 3 heterocycles. The van der Waals surface area contributed by atoms with Crippen LogP contribution in [0.25, 0.3) is 5.69 Å². The number of aromatic nitrogens is 2. The standard InChI is InChI=1S/C24H28N4S/c1-5-14-27-23(22(26-24(27)29)21-8-6-7-13-25-21)20-15-17(3)28(18(20)4)19-11-9-16(2)10-12-19/h6-13,15,22-23H,5,14H2,1-4H3,(H,26,29). The molecule has 2 atom stereocenters. The maximum atomic E-state index is 5.73. The lowest BCUT2D eigenvalue weighted by Crippen LogP contribution is -2.30. The summed E-state index contributed by atoms with van der Waals surface area (Å²) in [5.74, 6) is 0. The largest absolute Gasteiger partial charge is 0.352 e. The van der Waals surface area contributed by atoms with E-state index in [1.54, 1.807) is 0 Å². The minimum Gasteiger partial charge on any atom is -0.352 e. The number of nitrogens with zero attached hydrogens (tertiary/aromatic N) is 3. The van der Waals surface area contributed by atoms with E-state index >= 15 is 0 Å². The Hall–Kier alpha value is -2.66. The third-order valence-electron chi connectivity index (χ3n) is 5.74. The summed E-state index contributed by atoms with van der Waals surface area (Å²) in [6, 6.07) is 17.3. The second kappa shape index (κ2) is 7.99. The van der Waals surface area contributed by atoms with Crippen LogP contribution in [0, 0.1) is 20.8 Å². The molecule has 1 aromatic carbocycles. The normalized spacial score (nSPS) is 18.9. The lowest BCUT2D eigenvalue weighted by Gasteiger charge is -2.27. The van der Waals surface area contributed by atoms with Crippen LogP contribution in [0.5, 0.6) is 0 Å². The van der Waals surface area contributed by atoms with Crippen molar-refractivity contribution in [1.29, 1.82) is 0 Å². The highest BCUT2D eigenvalue weighted by Gasteiger charge is 2.40. The highest BCUT2D eigenvalue weighted by Crippen LogP contribution is 2.41. The van der Waals surface area contributed by atoms with Crippen molar-refractivity contribution in [2.45, 2.75) is 46.2 Å². The molecule has 29 heavy (non-hydrogen) atoms. The Morgan fingerprint density at radius 3 is 2.48 bits per heavy atom. The van der Waals surface area contributed by atoms with Crippen molar-refractivity contribution in [3.63, 3.8) is 0 Å². The van der Waals surface area contributed by atoms with Crippen molar-refractivity contribution in [2.75, 3.05) is 6.54 Å². The van der Waals surface area contributed by atoms with Gasteiger partial charge in [0.2, 0.25) is 0 Å². The summed E-state index contributed by atoms with van der Waals surface area (Å²) < 4.78 is 2.34. The molecule has 2 aromatic heterocycles. The number of nitrogens with one attached hydrogen (secondary N) is 1. The highest BCUT2D eigenvalue weighted by atomic mass is 32.1. The van der Waals surface area contributed by atoms with Gasteiger partial charge in [0.05, 0.1) is 17.8 Å². The van der Waals surface area contributed by atoms with Crippen molar-refractivity contribution < 1.29 is 0 Å². The predicted molar refractivity (Wildman–Crippen MR) is 122 cm³/mol. The van der Waals surface area contributed by atoms with Crippen LogP contribution < -0.4 is 5.32 Å². The number of pyridine rings is 1. The van der Waals surface area contributed by atoms with Gasteiger partial charge in [0.1, 0.15) is 0 Å². The zero-order valence-corrected chi connectivity index (χ0v) is 18.3. The molecule has 4 rings (SSSR count). The maximum Gasteiger partial charge on any atom is 0.170 e. The summed E-state index contributed by atoms with van der Waals surface area (Å²) >= 11 is 5.73. The highest BCUT2D eigenvalue weighted by molar-refractivity contribution is 7.80. The molecule has 0 saturated carbocycles. The molecule has 0 spiro atoms. The van der Waals surface area contributed by atoms with E-state index < -0.39 is 0 Å². The van der Waals surface area contributed by atoms with Gasteiger partial charge in [-0.15, -0.1) is 0 Å². The fourth-order valence-electron chi connectivity index (χ4n) is 4.40.